The van der Waals surface area contributed by atoms with Crippen LogP contribution in [-0.4, -0.2) is 22.2 Å². The van der Waals surface area contributed by atoms with Crippen LogP contribution in [0.2, 0.25) is 0 Å². The molecular weight excluding hydrogens is 228 g/mol. The van der Waals surface area contributed by atoms with E-state index in [1.54, 1.807) is 7.05 Å². The molecule has 0 aliphatic rings. The van der Waals surface area contributed by atoms with Gasteiger partial charge in [0.15, 0.2) is 0 Å². The van der Waals surface area contributed by atoms with Crippen molar-refractivity contribution in [2.45, 2.75) is 6.42 Å². The molecule has 2 aromatic rings. The number of aryl methyl sites for hydroxylation is 1. The van der Waals surface area contributed by atoms with Crippen molar-refractivity contribution in [1.29, 1.82) is 0 Å². The number of amides is 1. The highest BCUT2D eigenvalue weighted by molar-refractivity contribution is 5.97. The molecule has 0 saturated heterocycles. The van der Waals surface area contributed by atoms with Gasteiger partial charge in [-0.3, -0.25) is 9.48 Å². The van der Waals surface area contributed by atoms with Gasteiger partial charge in [-0.15, -0.1) is 0 Å². The van der Waals surface area contributed by atoms with Crippen LogP contribution in [0.25, 0.3) is 0 Å². The third-order valence-electron chi connectivity index (χ3n) is 2.72. The second-order valence-electron chi connectivity index (χ2n) is 4.06. The lowest BCUT2D eigenvalue weighted by molar-refractivity contribution is 0.0945. The van der Waals surface area contributed by atoms with Crippen LogP contribution in [0.1, 0.15) is 16.1 Å². The zero-order valence-corrected chi connectivity index (χ0v) is 10.3. The Morgan fingerprint density at radius 1 is 1.39 bits per heavy atom. The van der Waals surface area contributed by atoms with Gasteiger partial charge in [-0.1, -0.05) is 30.3 Å². The second-order valence-corrected chi connectivity index (χ2v) is 4.06. The normalized spacial score (nSPS) is 10.3. The van der Waals surface area contributed by atoms with Crippen LogP contribution in [0.4, 0.5) is 5.69 Å². The predicted molar refractivity (Wildman–Crippen MR) is 70.1 cm³/mol. The average molecular weight is 244 g/mol. The summed E-state index contributed by atoms with van der Waals surface area (Å²) in [5.74, 6) is -0.191. The third kappa shape index (κ3) is 2.68. The van der Waals surface area contributed by atoms with Crippen LogP contribution in [0.3, 0.4) is 0 Å². The molecule has 94 valence electrons. The van der Waals surface area contributed by atoms with E-state index in [0.29, 0.717) is 17.9 Å². The summed E-state index contributed by atoms with van der Waals surface area (Å²) in [5, 5.41) is 6.77. The lowest BCUT2D eigenvalue weighted by Crippen LogP contribution is -2.28. The largest absolute Gasteiger partial charge is 0.396 e. The summed E-state index contributed by atoms with van der Waals surface area (Å²) < 4.78 is 1.48. The number of anilines is 1. The smallest absolute Gasteiger partial charge is 0.271 e. The molecule has 1 heterocycles. The molecule has 5 heteroatoms. The molecule has 0 aliphatic carbocycles. The van der Waals surface area contributed by atoms with Gasteiger partial charge in [-0.25, -0.2) is 0 Å². The van der Waals surface area contributed by atoms with E-state index in [-0.39, 0.29) is 5.91 Å². The van der Waals surface area contributed by atoms with E-state index >= 15 is 0 Å². The van der Waals surface area contributed by atoms with Gasteiger partial charge in [0.25, 0.3) is 5.91 Å². The summed E-state index contributed by atoms with van der Waals surface area (Å²) in [4.78, 5) is 11.9. The SMILES string of the molecule is Cn1ncc(N)c1C(=O)NCCc1ccccc1. The highest BCUT2D eigenvalue weighted by Gasteiger charge is 2.13. The Labute approximate surface area is 106 Å². The number of benzene rings is 1. The lowest BCUT2D eigenvalue weighted by atomic mass is 10.1. The fourth-order valence-corrected chi connectivity index (χ4v) is 1.78. The van der Waals surface area contributed by atoms with Gasteiger partial charge >= 0.3 is 0 Å². The first-order valence-corrected chi connectivity index (χ1v) is 5.78. The van der Waals surface area contributed by atoms with E-state index < -0.39 is 0 Å². The highest BCUT2D eigenvalue weighted by Crippen LogP contribution is 2.08. The summed E-state index contributed by atoms with van der Waals surface area (Å²) in [6.45, 7) is 0.577. The molecule has 0 atom stereocenters. The number of nitrogens with one attached hydrogen (secondary N) is 1. The van der Waals surface area contributed by atoms with Gasteiger partial charge in [0.1, 0.15) is 5.69 Å². The average Bonchev–Trinajstić information content (AvgIpc) is 2.70. The summed E-state index contributed by atoms with van der Waals surface area (Å²) in [6.07, 6.45) is 2.27. The van der Waals surface area contributed by atoms with Crippen molar-refractivity contribution in [1.82, 2.24) is 15.1 Å². The van der Waals surface area contributed by atoms with Gasteiger partial charge < -0.3 is 11.1 Å². The molecule has 5 nitrogen and oxygen atoms in total. The Kier molecular flexibility index (Phi) is 3.62. The second kappa shape index (κ2) is 5.35. The third-order valence-corrected chi connectivity index (χ3v) is 2.72. The Balaban J connectivity index is 1.90. The molecule has 2 rings (SSSR count). The molecule has 1 aromatic carbocycles. The first-order valence-electron chi connectivity index (χ1n) is 5.78. The molecule has 18 heavy (non-hydrogen) atoms. The molecule has 0 saturated carbocycles. The highest BCUT2D eigenvalue weighted by atomic mass is 16.2. The number of nitrogens with two attached hydrogens (primary N) is 1. The van der Waals surface area contributed by atoms with E-state index in [0.717, 1.165) is 6.42 Å². The molecule has 0 fully saturated rings. The molecule has 1 amide bonds. The number of hydrogen-bond donors (Lipinski definition) is 2. The molecule has 0 spiro atoms. The van der Waals surface area contributed by atoms with Gasteiger partial charge in [0, 0.05) is 13.6 Å². The maximum absolute atomic E-state index is 11.9. The van der Waals surface area contributed by atoms with Crippen molar-refractivity contribution in [3.8, 4) is 0 Å². The molecular formula is C13H16N4O. The van der Waals surface area contributed by atoms with E-state index in [1.165, 1.54) is 16.4 Å². The van der Waals surface area contributed by atoms with Crippen LogP contribution in [-0.2, 0) is 13.5 Å². The number of nitrogen functional groups attached to an aromatic ring is 1. The maximum Gasteiger partial charge on any atom is 0.271 e. The zero-order chi connectivity index (χ0) is 13.0. The summed E-state index contributed by atoms with van der Waals surface area (Å²) in [5.41, 5.74) is 7.68. The van der Waals surface area contributed by atoms with Crippen molar-refractivity contribution in [3.05, 3.63) is 47.8 Å². The lowest BCUT2D eigenvalue weighted by Gasteiger charge is -2.06. The zero-order valence-electron chi connectivity index (χ0n) is 10.3. The standard InChI is InChI=1S/C13H16N4O/c1-17-12(11(14)9-16-17)13(18)15-8-7-10-5-3-2-4-6-10/h2-6,9H,7-8,14H2,1H3,(H,15,18). The van der Waals surface area contributed by atoms with Crippen LogP contribution in [0.15, 0.2) is 36.5 Å². The van der Waals surface area contributed by atoms with Gasteiger partial charge in [-0.2, -0.15) is 5.10 Å². The van der Waals surface area contributed by atoms with Crippen molar-refractivity contribution in [3.63, 3.8) is 0 Å². The van der Waals surface area contributed by atoms with Crippen molar-refractivity contribution >= 4 is 11.6 Å². The summed E-state index contributed by atoms with van der Waals surface area (Å²) >= 11 is 0. The van der Waals surface area contributed by atoms with Crippen molar-refractivity contribution < 1.29 is 4.79 Å². The van der Waals surface area contributed by atoms with Crippen LogP contribution < -0.4 is 11.1 Å². The maximum atomic E-state index is 11.9. The Morgan fingerprint density at radius 3 is 2.72 bits per heavy atom. The molecule has 0 bridgehead atoms. The monoisotopic (exact) mass is 244 g/mol. The van der Waals surface area contributed by atoms with E-state index in [9.17, 15) is 4.79 Å². The van der Waals surface area contributed by atoms with E-state index in [4.69, 9.17) is 5.73 Å². The fraction of sp³-hybridized carbons (Fsp3) is 0.231. The Morgan fingerprint density at radius 2 is 2.11 bits per heavy atom. The summed E-state index contributed by atoms with van der Waals surface area (Å²) in [7, 11) is 1.70. The molecule has 0 radical (unpaired) electrons. The minimum absolute atomic E-state index is 0.191. The minimum Gasteiger partial charge on any atom is -0.396 e. The minimum atomic E-state index is -0.191. The topological polar surface area (TPSA) is 72.9 Å². The number of aromatic nitrogens is 2. The first-order chi connectivity index (χ1) is 8.68. The Hall–Kier alpha value is -2.30. The first kappa shape index (κ1) is 12.2. The number of carbonyl (C=O) groups is 1. The van der Waals surface area contributed by atoms with Gasteiger partial charge in [0.2, 0.25) is 0 Å². The van der Waals surface area contributed by atoms with Crippen molar-refractivity contribution in [2.24, 2.45) is 7.05 Å². The van der Waals surface area contributed by atoms with Crippen LogP contribution in [0.5, 0.6) is 0 Å². The molecule has 0 aliphatic heterocycles. The Bertz CT molecular complexity index is 514. The van der Waals surface area contributed by atoms with Gasteiger partial charge in [0.05, 0.1) is 11.9 Å². The van der Waals surface area contributed by atoms with E-state index in [1.807, 2.05) is 30.3 Å². The number of rotatable bonds is 4. The fourth-order valence-electron chi connectivity index (χ4n) is 1.78. The molecule has 0 unspecified atom stereocenters. The number of carbonyl (C=O) groups excluding carboxylic acids is 1. The van der Waals surface area contributed by atoms with Crippen LogP contribution in [0, 0.1) is 0 Å². The molecule has 3 N–H and O–H groups in total. The van der Waals surface area contributed by atoms with Crippen LogP contribution >= 0.6 is 0 Å². The van der Waals surface area contributed by atoms with Crippen molar-refractivity contribution in [2.75, 3.05) is 12.3 Å². The molecule has 1 aromatic heterocycles. The summed E-state index contributed by atoms with van der Waals surface area (Å²) in [6, 6.07) is 10.0. The predicted octanol–water partition coefficient (Wildman–Crippen LogP) is 0.975. The quantitative estimate of drug-likeness (QED) is 0.842. The van der Waals surface area contributed by atoms with Gasteiger partial charge in [-0.05, 0) is 12.0 Å². The number of hydrogen-bond acceptors (Lipinski definition) is 3. The number of nitrogens with zero attached hydrogens (tertiary/aromatic N) is 2. The van der Waals surface area contributed by atoms with E-state index in [2.05, 4.69) is 10.4 Å².